The highest BCUT2D eigenvalue weighted by molar-refractivity contribution is 5.95. The van der Waals surface area contributed by atoms with Gasteiger partial charge >= 0.3 is 0 Å². The second kappa shape index (κ2) is 7.66. The third-order valence-corrected chi connectivity index (χ3v) is 4.43. The van der Waals surface area contributed by atoms with E-state index in [1.807, 2.05) is 13.0 Å². The Hall–Kier alpha value is -2.08. The Bertz CT molecular complexity index is 593. The average Bonchev–Trinajstić information content (AvgIpc) is 2.60. The minimum atomic E-state index is -0.826. The lowest BCUT2D eigenvalue weighted by Crippen LogP contribution is -2.58. The Morgan fingerprint density at radius 1 is 1.21 bits per heavy atom. The van der Waals surface area contributed by atoms with Crippen molar-refractivity contribution in [3.8, 4) is 5.75 Å². The van der Waals surface area contributed by atoms with Crippen LogP contribution in [-0.4, -0.2) is 60.4 Å². The van der Waals surface area contributed by atoms with Crippen LogP contribution < -0.4 is 10.5 Å². The van der Waals surface area contributed by atoms with Crippen LogP contribution >= 0.6 is 0 Å². The van der Waals surface area contributed by atoms with Crippen LogP contribution in [0.2, 0.25) is 0 Å². The quantitative estimate of drug-likeness (QED) is 0.886. The summed E-state index contributed by atoms with van der Waals surface area (Å²) >= 11 is 0. The van der Waals surface area contributed by atoms with E-state index in [2.05, 4.69) is 0 Å². The van der Waals surface area contributed by atoms with Gasteiger partial charge in [0.1, 0.15) is 5.75 Å². The number of hydrogen-bond acceptors (Lipinski definition) is 4. The summed E-state index contributed by atoms with van der Waals surface area (Å²) in [6, 6.07) is 7.12. The lowest BCUT2D eigenvalue weighted by Gasteiger charge is -2.38. The molecule has 6 nitrogen and oxygen atoms in total. The van der Waals surface area contributed by atoms with Crippen molar-refractivity contribution in [3.05, 3.63) is 29.8 Å². The lowest BCUT2D eigenvalue weighted by atomic mass is 9.95. The SMILES string of the molecule is CCCC(C)(N)C(=O)N1CCN(C(=O)c2cccc(OC)c2)CC1. The first-order valence-electron chi connectivity index (χ1n) is 8.40. The predicted octanol–water partition coefficient (Wildman–Crippen LogP) is 1.50. The van der Waals surface area contributed by atoms with Gasteiger partial charge in [-0.05, 0) is 31.5 Å². The van der Waals surface area contributed by atoms with E-state index in [4.69, 9.17) is 10.5 Å². The first-order valence-corrected chi connectivity index (χ1v) is 8.40. The van der Waals surface area contributed by atoms with Crippen molar-refractivity contribution < 1.29 is 14.3 Å². The summed E-state index contributed by atoms with van der Waals surface area (Å²) < 4.78 is 5.16. The van der Waals surface area contributed by atoms with Crippen LogP contribution in [-0.2, 0) is 4.79 Å². The van der Waals surface area contributed by atoms with Crippen LogP contribution in [0.3, 0.4) is 0 Å². The first-order chi connectivity index (χ1) is 11.4. The number of hydrogen-bond donors (Lipinski definition) is 1. The number of rotatable bonds is 5. The van der Waals surface area contributed by atoms with E-state index in [-0.39, 0.29) is 11.8 Å². The summed E-state index contributed by atoms with van der Waals surface area (Å²) in [5.41, 5.74) is 5.91. The highest BCUT2D eigenvalue weighted by atomic mass is 16.5. The van der Waals surface area contributed by atoms with Gasteiger partial charge in [-0.3, -0.25) is 9.59 Å². The Balaban J connectivity index is 1.97. The minimum Gasteiger partial charge on any atom is -0.497 e. The number of benzene rings is 1. The summed E-state index contributed by atoms with van der Waals surface area (Å²) in [7, 11) is 1.58. The summed E-state index contributed by atoms with van der Waals surface area (Å²) in [5, 5.41) is 0. The average molecular weight is 333 g/mol. The molecule has 0 aromatic heterocycles. The van der Waals surface area contributed by atoms with Gasteiger partial charge in [0.2, 0.25) is 5.91 Å². The minimum absolute atomic E-state index is 0.0298. The fraction of sp³-hybridized carbons (Fsp3) is 0.556. The second-order valence-corrected chi connectivity index (χ2v) is 6.48. The molecule has 1 aromatic rings. The lowest BCUT2D eigenvalue weighted by molar-refractivity contribution is -0.138. The van der Waals surface area contributed by atoms with Gasteiger partial charge in [-0.15, -0.1) is 0 Å². The normalized spacial score (nSPS) is 17.3. The molecular formula is C18H27N3O3. The van der Waals surface area contributed by atoms with Crippen molar-refractivity contribution in [2.45, 2.75) is 32.2 Å². The number of amides is 2. The maximum absolute atomic E-state index is 12.6. The van der Waals surface area contributed by atoms with E-state index < -0.39 is 5.54 Å². The van der Waals surface area contributed by atoms with Crippen molar-refractivity contribution in [3.63, 3.8) is 0 Å². The second-order valence-electron chi connectivity index (χ2n) is 6.48. The van der Waals surface area contributed by atoms with Gasteiger partial charge < -0.3 is 20.3 Å². The van der Waals surface area contributed by atoms with E-state index >= 15 is 0 Å². The molecule has 0 saturated carbocycles. The van der Waals surface area contributed by atoms with Crippen LogP contribution in [0.5, 0.6) is 5.75 Å². The van der Waals surface area contributed by atoms with Gasteiger partial charge in [-0.1, -0.05) is 19.4 Å². The van der Waals surface area contributed by atoms with Gasteiger partial charge in [-0.25, -0.2) is 0 Å². The standard InChI is InChI=1S/C18H27N3O3/c1-4-8-18(2,19)17(23)21-11-9-20(10-12-21)16(22)14-6-5-7-15(13-14)24-3/h5-7,13H,4,8-12,19H2,1-3H3. The third kappa shape index (κ3) is 4.06. The van der Waals surface area contributed by atoms with Crippen LogP contribution in [0.15, 0.2) is 24.3 Å². The number of nitrogens with zero attached hydrogens (tertiary/aromatic N) is 2. The van der Waals surface area contributed by atoms with Crippen molar-refractivity contribution in [2.24, 2.45) is 5.73 Å². The van der Waals surface area contributed by atoms with E-state index in [1.165, 1.54) is 0 Å². The maximum Gasteiger partial charge on any atom is 0.254 e. The Kier molecular flexibility index (Phi) is 5.83. The summed E-state index contributed by atoms with van der Waals surface area (Å²) in [5.74, 6) is 0.594. The summed E-state index contributed by atoms with van der Waals surface area (Å²) in [4.78, 5) is 28.6. The largest absolute Gasteiger partial charge is 0.497 e. The van der Waals surface area contributed by atoms with Crippen molar-refractivity contribution >= 4 is 11.8 Å². The van der Waals surface area contributed by atoms with E-state index in [0.29, 0.717) is 43.9 Å². The summed E-state index contributed by atoms with van der Waals surface area (Å²) in [6.45, 7) is 5.87. The molecule has 2 amide bonds. The molecule has 24 heavy (non-hydrogen) atoms. The molecule has 0 aliphatic carbocycles. The molecule has 0 radical (unpaired) electrons. The number of carbonyl (C=O) groups excluding carboxylic acids is 2. The number of ether oxygens (including phenoxy) is 1. The van der Waals surface area contributed by atoms with Gasteiger partial charge in [0.25, 0.3) is 5.91 Å². The van der Waals surface area contributed by atoms with E-state index in [0.717, 1.165) is 6.42 Å². The molecule has 132 valence electrons. The fourth-order valence-corrected chi connectivity index (χ4v) is 3.04. The molecule has 1 unspecified atom stereocenters. The molecule has 1 aliphatic heterocycles. The molecule has 2 N–H and O–H groups in total. The molecule has 0 bridgehead atoms. The van der Waals surface area contributed by atoms with Crippen LogP contribution in [0.1, 0.15) is 37.0 Å². The Morgan fingerprint density at radius 2 is 1.83 bits per heavy atom. The molecule has 2 rings (SSSR count). The van der Waals surface area contributed by atoms with Crippen molar-refractivity contribution in [1.82, 2.24) is 9.80 Å². The fourth-order valence-electron chi connectivity index (χ4n) is 3.04. The molecule has 1 fully saturated rings. The monoisotopic (exact) mass is 333 g/mol. The zero-order valence-corrected chi connectivity index (χ0v) is 14.7. The highest BCUT2D eigenvalue weighted by Crippen LogP contribution is 2.18. The molecule has 1 aliphatic rings. The number of carbonyl (C=O) groups is 2. The molecule has 1 atom stereocenters. The summed E-state index contributed by atoms with van der Waals surface area (Å²) in [6.07, 6.45) is 1.53. The molecule has 1 aromatic carbocycles. The number of methoxy groups -OCH3 is 1. The zero-order valence-electron chi connectivity index (χ0n) is 14.7. The van der Waals surface area contributed by atoms with Crippen molar-refractivity contribution in [2.75, 3.05) is 33.3 Å². The predicted molar refractivity (Wildman–Crippen MR) is 93.0 cm³/mol. The molecule has 1 saturated heterocycles. The van der Waals surface area contributed by atoms with Gasteiger partial charge in [0.15, 0.2) is 0 Å². The van der Waals surface area contributed by atoms with E-state index in [1.54, 1.807) is 42.0 Å². The van der Waals surface area contributed by atoms with E-state index in [9.17, 15) is 9.59 Å². The third-order valence-electron chi connectivity index (χ3n) is 4.43. The Labute approximate surface area is 143 Å². The molecular weight excluding hydrogens is 306 g/mol. The number of piperazine rings is 1. The smallest absolute Gasteiger partial charge is 0.254 e. The molecule has 1 heterocycles. The van der Waals surface area contributed by atoms with Crippen molar-refractivity contribution in [1.29, 1.82) is 0 Å². The first kappa shape index (κ1) is 18.3. The number of nitrogens with two attached hydrogens (primary N) is 1. The van der Waals surface area contributed by atoms with Gasteiger partial charge in [0.05, 0.1) is 12.6 Å². The van der Waals surface area contributed by atoms with Gasteiger partial charge in [-0.2, -0.15) is 0 Å². The van der Waals surface area contributed by atoms with Crippen LogP contribution in [0.25, 0.3) is 0 Å². The Morgan fingerprint density at radius 3 is 2.42 bits per heavy atom. The molecule has 0 spiro atoms. The topological polar surface area (TPSA) is 75.9 Å². The van der Waals surface area contributed by atoms with Crippen LogP contribution in [0.4, 0.5) is 0 Å². The van der Waals surface area contributed by atoms with Gasteiger partial charge in [0, 0.05) is 31.7 Å². The maximum atomic E-state index is 12.6. The molecule has 6 heteroatoms. The zero-order chi connectivity index (χ0) is 17.7. The van der Waals surface area contributed by atoms with Crippen LogP contribution in [0, 0.1) is 0 Å². The highest BCUT2D eigenvalue weighted by Gasteiger charge is 2.34.